The molecule has 66 heavy (non-hydrogen) atoms. The van der Waals surface area contributed by atoms with E-state index in [9.17, 15) is 19.2 Å². The Labute approximate surface area is 394 Å². The van der Waals surface area contributed by atoms with Crippen LogP contribution >= 0.6 is 22.7 Å². The minimum Gasteiger partial charge on any atom is -0.444 e. The quantitative estimate of drug-likeness (QED) is 0.137. The monoisotopic (exact) mass is 920 g/mol. The van der Waals surface area contributed by atoms with Crippen LogP contribution in [0.15, 0.2) is 122 Å². The molecule has 1 N–H and O–H groups in total. The molecule has 3 aliphatic rings. The maximum atomic E-state index is 14.5. The van der Waals surface area contributed by atoms with Gasteiger partial charge in [-0.3, -0.25) is 14.4 Å². The first-order chi connectivity index (χ1) is 32.0. The summed E-state index contributed by atoms with van der Waals surface area (Å²) in [5, 5.41) is 5.00. The van der Waals surface area contributed by atoms with Crippen LogP contribution in [0.5, 0.6) is 0 Å². The Morgan fingerprint density at radius 1 is 0.652 bits per heavy atom. The van der Waals surface area contributed by atoms with Gasteiger partial charge >= 0.3 is 6.09 Å². The standard InChI is InChI=1S/C53H56N6O5S2/c1-53(2,3)64-52(63)57-30-26-41(27-31-57)48(61)56-47(40-14-8-5-9-15-40)51(62)59-29-11-17-43(59)50-55-34-45(66-50)39-24-20-37(21-25-39)36-18-22-38(23-19-36)44-33-54-49(65-44)42-16-10-28-58(42)46(60)32-35-12-6-4-7-13-35/h4-9,12-15,18-25,33-34,41-43,47H,10-11,16-17,26-32H2,1-3H3,(H,56,61)/t42-,43-,47+/m0/s1. The van der Waals surface area contributed by atoms with Crippen LogP contribution < -0.4 is 5.32 Å². The molecule has 13 heteroatoms. The average molecular weight is 921 g/mol. The van der Waals surface area contributed by atoms with Crippen molar-refractivity contribution in [2.45, 2.75) is 89.4 Å². The van der Waals surface area contributed by atoms with Gasteiger partial charge in [0, 0.05) is 44.5 Å². The number of nitrogens with zero attached hydrogens (tertiary/aromatic N) is 5. The van der Waals surface area contributed by atoms with Gasteiger partial charge < -0.3 is 24.8 Å². The second-order valence-electron chi connectivity index (χ2n) is 18.5. The van der Waals surface area contributed by atoms with Crippen molar-refractivity contribution in [3.8, 4) is 32.0 Å². The number of aromatic nitrogens is 2. The molecular formula is C53H56N6O5S2. The molecule has 3 fully saturated rings. The highest BCUT2D eigenvalue weighted by Gasteiger charge is 2.39. The van der Waals surface area contributed by atoms with Gasteiger partial charge in [-0.1, -0.05) is 109 Å². The summed E-state index contributed by atoms with van der Waals surface area (Å²) in [5.41, 5.74) is 5.56. The number of rotatable bonds is 11. The van der Waals surface area contributed by atoms with Crippen LogP contribution in [-0.2, 0) is 25.5 Å². The lowest BCUT2D eigenvalue weighted by atomic mass is 9.95. The minimum absolute atomic E-state index is 0.0217. The van der Waals surface area contributed by atoms with Crippen LogP contribution in [0.25, 0.3) is 32.0 Å². The van der Waals surface area contributed by atoms with E-state index < -0.39 is 11.6 Å². The lowest BCUT2D eigenvalue weighted by molar-refractivity contribution is -0.138. The van der Waals surface area contributed by atoms with E-state index in [0.717, 1.165) is 85.4 Å². The maximum absolute atomic E-state index is 14.5. The SMILES string of the molecule is CC(C)(C)OC(=O)N1CCC(C(=O)N[C@@H](C(=O)N2CCC[C@H]2c2ncc(-c3ccc(-c4ccc(-c5cnc([C@@H]6CCCN6C(=O)Cc6ccccc6)s5)cc4)cc3)s2)c2ccccc2)CC1. The fourth-order valence-corrected chi connectivity index (χ4v) is 11.4. The van der Waals surface area contributed by atoms with E-state index in [0.29, 0.717) is 38.9 Å². The van der Waals surface area contributed by atoms with Crippen LogP contribution in [0.3, 0.4) is 0 Å². The summed E-state index contributed by atoms with van der Waals surface area (Å²) in [6.45, 7) is 7.72. The molecule has 2 aromatic heterocycles. The van der Waals surface area contributed by atoms with Crippen LogP contribution in [0.4, 0.5) is 4.79 Å². The summed E-state index contributed by atoms with van der Waals surface area (Å²) >= 11 is 3.28. The highest BCUT2D eigenvalue weighted by molar-refractivity contribution is 7.15. The second-order valence-corrected chi connectivity index (χ2v) is 20.6. The number of piperidine rings is 1. The molecule has 0 bridgehead atoms. The summed E-state index contributed by atoms with van der Waals surface area (Å²) in [6, 6.07) is 35.5. The van der Waals surface area contributed by atoms with Crippen molar-refractivity contribution in [2.75, 3.05) is 26.2 Å². The number of hydrogen-bond donors (Lipinski definition) is 1. The summed E-state index contributed by atoms with van der Waals surface area (Å²) in [6.07, 6.45) is 8.43. The predicted octanol–water partition coefficient (Wildman–Crippen LogP) is 10.7. The molecule has 0 spiro atoms. The molecule has 6 aromatic rings. The van der Waals surface area contributed by atoms with Gasteiger partial charge in [0.05, 0.1) is 28.3 Å². The zero-order valence-electron chi connectivity index (χ0n) is 37.7. The summed E-state index contributed by atoms with van der Waals surface area (Å²) < 4.78 is 5.54. The lowest BCUT2D eigenvalue weighted by Gasteiger charge is -2.34. The van der Waals surface area contributed by atoms with E-state index in [-0.39, 0.29) is 41.8 Å². The molecule has 3 atom stereocenters. The number of thiazole rings is 2. The minimum atomic E-state index is -0.839. The Bertz CT molecular complexity index is 2640. The average Bonchev–Trinajstić information content (AvgIpc) is 4.19. The van der Waals surface area contributed by atoms with Crippen LogP contribution in [0.2, 0.25) is 0 Å². The van der Waals surface area contributed by atoms with Crippen molar-refractivity contribution in [3.63, 3.8) is 0 Å². The summed E-state index contributed by atoms with van der Waals surface area (Å²) in [5.74, 6) is -0.483. The number of amides is 4. The van der Waals surface area contributed by atoms with Crippen molar-refractivity contribution < 1.29 is 23.9 Å². The number of carbonyl (C=O) groups excluding carboxylic acids is 4. The Morgan fingerprint density at radius 2 is 1.15 bits per heavy atom. The Hall–Kier alpha value is -6.18. The van der Waals surface area contributed by atoms with Crippen molar-refractivity contribution >= 4 is 46.5 Å². The van der Waals surface area contributed by atoms with Gasteiger partial charge in [-0.15, -0.1) is 22.7 Å². The van der Waals surface area contributed by atoms with E-state index >= 15 is 0 Å². The second kappa shape index (κ2) is 19.7. The fraction of sp³-hybridized carbons (Fsp3) is 0.358. The zero-order valence-corrected chi connectivity index (χ0v) is 39.4. The highest BCUT2D eigenvalue weighted by atomic mass is 32.1. The third-order valence-corrected chi connectivity index (χ3v) is 15.1. The molecule has 0 saturated carbocycles. The molecule has 3 aliphatic heterocycles. The smallest absolute Gasteiger partial charge is 0.410 e. The van der Waals surface area contributed by atoms with E-state index in [1.165, 1.54) is 0 Å². The Kier molecular flexibility index (Phi) is 13.5. The molecule has 0 unspecified atom stereocenters. The van der Waals surface area contributed by atoms with Gasteiger partial charge in [0.1, 0.15) is 21.7 Å². The third kappa shape index (κ3) is 10.3. The molecule has 4 aromatic carbocycles. The third-order valence-electron chi connectivity index (χ3n) is 12.8. The largest absolute Gasteiger partial charge is 0.444 e. The normalized spacial score (nSPS) is 18.3. The van der Waals surface area contributed by atoms with Crippen LogP contribution in [0, 0.1) is 5.92 Å². The number of carbonyl (C=O) groups is 4. The van der Waals surface area contributed by atoms with Crippen molar-refractivity contribution in [1.29, 1.82) is 0 Å². The first-order valence-electron chi connectivity index (χ1n) is 23.1. The first-order valence-corrected chi connectivity index (χ1v) is 24.7. The number of hydrogen-bond acceptors (Lipinski definition) is 9. The maximum Gasteiger partial charge on any atom is 0.410 e. The van der Waals surface area contributed by atoms with Gasteiger partial charge in [-0.05, 0) is 92.7 Å². The Morgan fingerprint density at radius 3 is 1.70 bits per heavy atom. The van der Waals surface area contributed by atoms with Gasteiger partial charge in [0.15, 0.2) is 0 Å². The van der Waals surface area contributed by atoms with Gasteiger partial charge in [0.2, 0.25) is 17.7 Å². The van der Waals surface area contributed by atoms with E-state index in [4.69, 9.17) is 14.7 Å². The topological polar surface area (TPSA) is 125 Å². The molecule has 3 saturated heterocycles. The molecule has 0 radical (unpaired) electrons. The van der Waals surface area contributed by atoms with E-state index in [1.807, 2.05) is 104 Å². The number of nitrogens with one attached hydrogen (secondary N) is 1. The molecule has 5 heterocycles. The van der Waals surface area contributed by atoms with Crippen LogP contribution in [0.1, 0.15) is 98.6 Å². The molecule has 0 aliphatic carbocycles. The molecular weight excluding hydrogens is 865 g/mol. The molecule has 9 rings (SSSR count). The molecule has 340 valence electrons. The van der Waals surface area contributed by atoms with Crippen molar-refractivity contribution in [2.24, 2.45) is 5.92 Å². The predicted molar refractivity (Wildman–Crippen MR) is 259 cm³/mol. The van der Waals surface area contributed by atoms with E-state index in [1.54, 1.807) is 27.6 Å². The highest BCUT2D eigenvalue weighted by Crippen LogP contribution is 2.41. The summed E-state index contributed by atoms with van der Waals surface area (Å²) in [4.78, 5) is 71.6. The Balaban J connectivity index is 0.828. The van der Waals surface area contributed by atoms with Crippen molar-refractivity contribution in [1.82, 2.24) is 30.0 Å². The van der Waals surface area contributed by atoms with Gasteiger partial charge in [-0.25, -0.2) is 14.8 Å². The lowest BCUT2D eigenvalue weighted by Crippen LogP contribution is -2.47. The van der Waals surface area contributed by atoms with Gasteiger partial charge in [0.25, 0.3) is 0 Å². The summed E-state index contributed by atoms with van der Waals surface area (Å²) in [7, 11) is 0. The molecule has 4 amide bonds. The number of benzene rings is 4. The number of ether oxygens (including phenoxy) is 1. The van der Waals surface area contributed by atoms with Gasteiger partial charge in [-0.2, -0.15) is 0 Å². The fourth-order valence-electron chi connectivity index (χ4n) is 9.30. The number of likely N-dealkylation sites (tertiary alicyclic amines) is 3. The van der Waals surface area contributed by atoms with E-state index in [2.05, 4.69) is 53.8 Å². The first kappa shape index (κ1) is 45.0. The van der Waals surface area contributed by atoms with Crippen molar-refractivity contribution in [3.05, 3.63) is 143 Å². The van der Waals surface area contributed by atoms with Crippen LogP contribution in [-0.4, -0.2) is 80.3 Å². The molecule has 11 nitrogen and oxygen atoms in total. The zero-order chi connectivity index (χ0) is 45.8.